The van der Waals surface area contributed by atoms with Crippen molar-refractivity contribution in [3.8, 4) is 12.3 Å². The lowest BCUT2D eigenvalue weighted by Gasteiger charge is -2.32. The zero-order valence-corrected chi connectivity index (χ0v) is 10.8. The van der Waals surface area contributed by atoms with Crippen LogP contribution in [-0.4, -0.2) is 5.78 Å². The van der Waals surface area contributed by atoms with E-state index < -0.39 is 0 Å². The summed E-state index contributed by atoms with van der Waals surface area (Å²) in [5, 5.41) is 0. The number of aryl methyl sites for hydroxylation is 2. The van der Waals surface area contributed by atoms with E-state index in [4.69, 9.17) is 6.42 Å². The van der Waals surface area contributed by atoms with Crippen LogP contribution in [0.15, 0.2) is 12.1 Å². The lowest BCUT2D eigenvalue weighted by Crippen LogP contribution is -2.33. The molecule has 1 aliphatic carbocycles. The highest BCUT2D eigenvalue weighted by molar-refractivity contribution is 6.03. The van der Waals surface area contributed by atoms with Crippen molar-refractivity contribution < 1.29 is 4.79 Å². The fourth-order valence-electron chi connectivity index (χ4n) is 2.77. The van der Waals surface area contributed by atoms with E-state index in [-0.39, 0.29) is 11.2 Å². The maximum absolute atomic E-state index is 12.5. The van der Waals surface area contributed by atoms with Gasteiger partial charge in [-0.2, -0.15) is 0 Å². The van der Waals surface area contributed by atoms with Gasteiger partial charge >= 0.3 is 0 Å². The van der Waals surface area contributed by atoms with Gasteiger partial charge in [0.15, 0.2) is 5.78 Å². The molecule has 0 N–H and O–H groups in total. The van der Waals surface area contributed by atoms with Crippen molar-refractivity contribution in [1.29, 1.82) is 0 Å². The highest BCUT2D eigenvalue weighted by Gasteiger charge is 2.38. The zero-order valence-electron chi connectivity index (χ0n) is 10.8. The van der Waals surface area contributed by atoms with E-state index in [2.05, 4.69) is 18.9 Å². The van der Waals surface area contributed by atoms with E-state index in [0.29, 0.717) is 6.42 Å². The topological polar surface area (TPSA) is 17.1 Å². The first kappa shape index (κ1) is 11.9. The SMILES string of the molecule is C#CC[C@]1(C)CCc2c(C)cc(C)cc2C1=O. The quantitative estimate of drug-likeness (QED) is 0.670. The normalized spacial score (nSPS) is 23.1. The minimum atomic E-state index is -0.359. The van der Waals surface area contributed by atoms with Crippen LogP contribution in [0.1, 0.15) is 46.8 Å². The fraction of sp³-hybridized carbons (Fsp3) is 0.438. The number of hydrogen-bond donors (Lipinski definition) is 0. The minimum absolute atomic E-state index is 0.225. The van der Waals surface area contributed by atoms with Gasteiger partial charge in [0, 0.05) is 17.4 Å². The molecule has 0 amide bonds. The first-order valence-electron chi connectivity index (χ1n) is 6.06. The molecular weight excluding hydrogens is 208 g/mol. The van der Waals surface area contributed by atoms with Crippen molar-refractivity contribution in [1.82, 2.24) is 0 Å². The molecule has 1 aliphatic rings. The smallest absolute Gasteiger partial charge is 0.169 e. The van der Waals surface area contributed by atoms with Crippen LogP contribution in [-0.2, 0) is 6.42 Å². The minimum Gasteiger partial charge on any atom is -0.294 e. The van der Waals surface area contributed by atoms with Gasteiger partial charge < -0.3 is 0 Å². The van der Waals surface area contributed by atoms with Gasteiger partial charge in [-0.25, -0.2) is 0 Å². The molecule has 88 valence electrons. The molecule has 1 heteroatoms. The molecule has 1 aromatic rings. The Hall–Kier alpha value is -1.55. The van der Waals surface area contributed by atoms with Gasteiger partial charge in [0.2, 0.25) is 0 Å². The monoisotopic (exact) mass is 226 g/mol. The fourth-order valence-corrected chi connectivity index (χ4v) is 2.77. The molecule has 0 saturated heterocycles. The number of ketones is 1. The lowest BCUT2D eigenvalue weighted by molar-refractivity contribution is 0.0791. The summed E-state index contributed by atoms with van der Waals surface area (Å²) < 4.78 is 0. The highest BCUT2D eigenvalue weighted by atomic mass is 16.1. The molecule has 0 aliphatic heterocycles. The van der Waals surface area contributed by atoms with Gasteiger partial charge in [-0.1, -0.05) is 18.6 Å². The van der Waals surface area contributed by atoms with Crippen LogP contribution in [0.5, 0.6) is 0 Å². The summed E-state index contributed by atoms with van der Waals surface area (Å²) in [5.74, 6) is 2.87. The van der Waals surface area contributed by atoms with Crippen molar-refractivity contribution in [2.75, 3.05) is 0 Å². The maximum Gasteiger partial charge on any atom is 0.169 e. The number of benzene rings is 1. The molecule has 1 aromatic carbocycles. The van der Waals surface area contributed by atoms with Gasteiger partial charge in [-0.15, -0.1) is 12.3 Å². The summed E-state index contributed by atoms with van der Waals surface area (Å²) in [5.41, 5.74) is 4.14. The number of rotatable bonds is 1. The zero-order chi connectivity index (χ0) is 12.6. The number of terminal acetylenes is 1. The summed E-state index contributed by atoms with van der Waals surface area (Å²) >= 11 is 0. The van der Waals surface area contributed by atoms with E-state index in [0.717, 1.165) is 24.0 Å². The summed E-state index contributed by atoms with van der Waals surface area (Å²) in [6, 6.07) is 4.16. The van der Waals surface area contributed by atoms with Gasteiger partial charge in [0.1, 0.15) is 0 Å². The number of hydrogen-bond acceptors (Lipinski definition) is 1. The Morgan fingerprint density at radius 3 is 2.76 bits per heavy atom. The number of Topliss-reactive ketones (excluding diaryl/α,β-unsaturated/α-hetero) is 1. The second-order valence-corrected chi connectivity index (χ2v) is 5.38. The van der Waals surface area contributed by atoms with Crippen molar-refractivity contribution >= 4 is 5.78 Å². The Morgan fingerprint density at radius 2 is 2.12 bits per heavy atom. The van der Waals surface area contributed by atoms with E-state index >= 15 is 0 Å². The highest BCUT2D eigenvalue weighted by Crippen LogP contribution is 2.39. The Bertz CT molecular complexity index is 519. The van der Waals surface area contributed by atoms with Crippen molar-refractivity contribution in [3.63, 3.8) is 0 Å². The predicted octanol–water partition coefficient (Wildman–Crippen LogP) is 3.46. The molecule has 0 aromatic heterocycles. The van der Waals surface area contributed by atoms with Crippen molar-refractivity contribution in [3.05, 3.63) is 34.4 Å². The van der Waals surface area contributed by atoms with E-state index in [9.17, 15) is 4.79 Å². The predicted molar refractivity (Wildman–Crippen MR) is 70.1 cm³/mol. The maximum atomic E-state index is 12.5. The molecule has 0 bridgehead atoms. The van der Waals surface area contributed by atoms with E-state index in [1.54, 1.807) is 0 Å². The molecule has 17 heavy (non-hydrogen) atoms. The third-order valence-electron chi connectivity index (χ3n) is 3.83. The van der Waals surface area contributed by atoms with Crippen molar-refractivity contribution in [2.45, 2.75) is 40.0 Å². The van der Waals surface area contributed by atoms with E-state index in [1.807, 2.05) is 19.9 Å². The van der Waals surface area contributed by atoms with Crippen LogP contribution >= 0.6 is 0 Å². The Balaban J connectivity index is 2.53. The van der Waals surface area contributed by atoms with E-state index in [1.165, 1.54) is 11.1 Å². The Kier molecular flexibility index (Phi) is 2.83. The molecule has 1 nitrogen and oxygen atoms in total. The molecular formula is C16H18O. The van der Waals surface area contributed by atoms with Crippen LogP contribution in [0.25, 0.3) is 0 Å². The average molecular weight is 226 g/mol. The molecule has 0 heterocycles. The third-order valence-corrected chi connectivity index (χ3v) is 3.83. The summed E-state index contributed by atoms with van der Waals surface area (Å²) in [6.07, 6.45) is 7.76. The molecule has 0 unspecified atom stereocenters. The standard InChI is InChI=1S/C16H18O/c1-5-7-16(4)8-6-13-12(3)9-11(2)10-14(13)15(16)17/h1,9-10H,6-8H2,2-4H3/t16-/m1/s1. The molecule has 1 atom stereocenters. The van der Waals surface area contributed by atoms with Gasteiger partial charge in [-0.05, 0) is 43.9 Å². The second-order valence-electron chi connectivity index (χ2n) is 5.38. The second kappa shape index (κ2) is 4.04. The van der Waals surface area contributed by atoms with Gasteiger partial charge in [-0.3, -0.25) is 4.79 Å². The lowest BCUT2D eigenvalue weighted by atomic mass is 9.69. The molecule has 0 saturated carbocycles. The number of carbonyl (C=O) groups excluding carboxylic acids is 1. The van der Waals surface area contributed by atoms with Crippen LogP contribution in [0, 0.1) is 31.6 Å². The third kappa shape index (κ3) is 1.89. The molecule has 0 radical (unpaired) electrons. The Labute approximate surface area is 103 Å². The van der Waals surface area contributed by atoms with Crippen LogP contribution in [0.4, 0.5) is 0 Å². The van der Waals surface area contributed by atoms with Crippen LogP contribution in [0.3, 0.4) is 0 Å². The first-order chi connectivity index (χ1) is 7.98. The average Bonchev–Trinajstić information content (AvgIpc) is 2.25. The Morgan fingerprint density at radius 1 is 1.41 bits per heavy atom. The summed E-state index contributed by atoms with van der Waals surface area (Å²) in [6.45, 7) is 6.12. The molecule has 2 rings (SSSR count). The van der Waals surface area contributed by atoms with Crippen molar-refractivity contribution in [2.24, 2.45) is 5.41 Å². The summed E-state index contributed by atoms with van der Waals surface area (Å²) in [7, 11) is 0. The van der Waals surface area contributed by atoms with Gasteiger partial charge in [0.05, 0.1) is 0 Å². The first-order valence-corrected chi connectivity index (χ1v) is 6.06. The van der Waals surface area contributed by atoms with Gasteiger partial charge in [0.25, 0.3) is 0 Å². The largest absolute Gasteiger partial charge is 0.294 e. The van der Waals surface area contributed by atoms with Crippen LogP contribution in [0.2, 0.25) is 0 Å². The number of fused-ring (bicyclic) bond motifs is 1. The molecule has 0 spiro atoms. The number of carbonyl (C=O) groups is 1. The summed E-state index contributed by atoms with van der Waals surface area (Å²) in [4.78, 5) is 12.5. The van der Waals surface area contributed by atoms with Crippen LogP contribution < -0.4 is 0 Å². The molecule has 0 fully saturated rings.